The molecule has 0 saturated carbocycles. The van der Waals surface area contributed by atoms with E-state index in [1.165, 1.54) is 41.3 Å². The van der Waals surface area contributed by atoms with Crippen molar-refractivity contribution in [2.24, 2.45) is 0 Å². The van der Waals surface area contributed by atoms with Crippen molar-refractivity contribution in [1.29, 1.82) is 0 Å². The summed E-state index contributed by atoms with van der Waals surface area (Å²) in [4.78, 5) is 28.3. The minimum absolute atomic E-state index is 0.0152. The number of benzene rings is 3. The average Bonchev–Trinajstić information content (AvgIpc) is 3.16. The van der Waals surface area contributed by atoms with Crippen molar-refractivity contribution >= 4 is 62.2 Å². The van der Waals surface area contributed by atoms with Crippen LogP contribution in [-0.2, 0) is 4.79 Å². The van der Waals surface area contributed by atoms with Crippen LogP contribution in [0.2, 0.25) is 5.02 Å². The molecule has 1 aromatic heterocycles. The first-order valence-corrected chi connectivity index (χ1v) is 10.9. The molecular formula is C21H14ClN3O3S2. The predicted molar refractivity (Wildman–Crippen MR) is 121 cm³/mol. The molecule has 9 heteroatoms. The van der Waals surface area contributed by atoms with Gasteiger partial charge in [-0.25, -0.2) is 4.98 Å². The Kier molecular flexibility index (Phi) is 5.98. The standard InChI is InChI=1S/C21H14ClN3O3S2/c22-15-11-10-14(12-17(15)25(27)28)23-20(26)19(13-6-2-1-3-7-13)30-21-24-16-8-4-5-9-18(16)29-21/h1-12,19H,(H,23,26)/t19-/m1/s1. The Hall–Kier alpha value is -2.94. The quantitative estimate of drug-likeness (QED) is 0.208. The van der Waals surface area contributed by atoms with E-state index in [0.29, 0.717) is 5.69 Å². The van der Waals surface area contributed by atoms with E-state index in [9.17, 15) is 14.9 Å². The lowest BCUT2D eigenvalue weighted by Gasteiger charge is -2.16. The van der Waals surface area contributed by atoms with Crippen molar-refractivity contribution in [3.63, 3.8) is 0 Å². The van der Waals surface area contributed by atoms with Gasteiger partial charge in [-0.1, -0.05) is 65.8 Å². The number of nitro groups is 1. The van der Waals surface area contributed by atoms with Gasteiger partial charge in [-0.15, -0.1) is 11.3 Å². The van der Waals surface area contributed by atoms with Crippen molar-refractivity contribution in [3.8, 4) is 0 Å². The summed E-state index contributed by atoms with van der Waals surface area (Å²) in [6, 6.07) is 21.3. The summed E-state index contributed by atoms with van der Waals surface area (Å²) in [6.45, 7) is 0. The molecule has 1 amide bonds. The fourth-order valence-electron chi connectivity index (χ4n) is 2.84. The Labute approximate surface area is 185 Å². The number of para-hydroxylation sites is 1. The summed E-state index contributed by atoms with van der Waals surface area (Å²) in [6.07, 6.45) is 0. The van der Waals surface area contributed by atoms with Gasteiger partial charge in [0.15, 0.2) is 4.34 Å². The third-order valence-corrected chi connectivity index (χ3v) is 6.95. The van der Waals surface area contributed by atoms with E-state index >= 15 is 0 Å². The molecule has 6 nitrogen and oxygen atoms in total. The first-order chi connectivity index (χ1) is 14.5. The van der Waals surface area contributed by atoms with Gasteiger partial charge in [0.2, 0.25) is 5.91 Å². The summed E-state index contributed by atoms with van der Waals surface area (Å²) in [5, 5.41) is 13.3. The SMILES string of the molecule is O=C(Nc1ccc(Cl)c([N+](=O)[O-])c1)[C@H](Sc1nc2ccccc2s1)c1ccccc1. The van der Waals surface area contributed by atoms with Gasteiger partial charge in [0.1, 0.15) is 10.3 Å². The van der Waals surface area contributed by atoms with Crippen LogP contribution < -0.4 is 5.32 Å². The molecule has 0 saturated heterocycles. The maximum Gasteiger partial charge on any atom is 0.289 e. The molecule has 150 valence electrons. The second kappa shape index (κ2) is 8.83. The number of thiazole rings is 1. The highest BCUT2D eigenvalue weighted by Crippen LogP contribution is 2.40. The normalized spacial score (nSPS) is 11.9. The Morgan fingerprint density at radius 3 is 2.57 bits per heavy atom. The van der Waals surface area contributed by atoms with E-state index in [0.717, 1.165) is 20.1 Å². The molecule has 0 unspecified atom stereocenters. The molecular weight excluding hydrogens is 442 g/mol. The van der Waals surface area contributed by atoms with Crippen LogP contribution in [-0.4, -0.2) is 15.8 Å². The van der Waals surface area contributed by atoms with Crippen LogP contribution in [0.25, 0.3) is 10.2 Å². The summed E-state index contributed by atoms with van der Waals surface area (Å²) in [5.41, 5.74) is 1.74. The number of carbonyl (C=O) groups is 1. The molecule has 4 aromatic rings. The van der Waals surface area contributed by atoms with Crippen LogP contribution in [0.1, 0.15) is 10.8 Å². The van der Waals surface area contributed by atoms with Gasteiger partial charge < -0.3 is 5.32 Å². The molecule has 4 rings (SSSR count). The van der Waals surface area contributed by atoms with Crippen LogP contribution >= 0.6 is 34.7 Å². The number of aromatic nitrogens is 1. The molecule has 0 radical (unpaired) electrons. The van der Waals surface area contributed by atoms with Crippen molar-refractivity contribution < 1.29 is 9.72 Å². The van der Waals surface area contributed by atoms with Crippen LogP contribution in [0, 0.1) is 10.1 Å². The lowest BCUT2D eigenvalue weighted by atomic mass is 10.1. The number of hydrogen-bond acceptors (Lipinski definition) is 6. The number of thioether (sulfide) groups is 1. The zero-order valence-electron chi connectivity index (χ0n) is 15.3. The first-order valence-electron chi connectivity index (χ1n) is 8.83. The van der Waals surface area contributed by atoms with E-state index in [2.05, 4.69) is 10.3 Å². The second-order valence-corrected chi connectivity index (χ2v) is 9.06. The Balaban J connectivity index is 1.63. The molecule has 3 aromatic carbocycles. The fourth-order valence-corrected chi connectivity index (χ4v) is 5.29. The third-order valence-electron chi connectivity index (χ3n) is 4.24. The number of rotatable bonds is 6. The minimum Gasteiger partial charge on any atom is -0.325 e. The molecule has 0 aliphatic rings. The lowest BCUT2D eigenvalue weighted by molar-refractivity contribution is -0.384. The number of anilines is 1. The van der Waals surface area contributed by atoms with Gasteiger partial charge in [-0.3, -0.25) is 14.9 Å². The Morgan fingerprint density at radius 1 is 1.10 bits per heavy atom. The van der Waals surface area contributed by atoms with Crippen LogP contribution in [0.5, 0.6) is 0 Å². The molecule has 0 aliphatic heterocycles. The van der Waals surface area contributed by atoms with Crippen molar-refractivity contribution in [3.05, 3.63) is 93.5 Å². The number of fused-ring (bicyclic) bond motifs is 1. The van der Waals surface area contributed by atoms with Gasteiger partial charge in [0.25, 0.3) is 5.69 Å². The van der Waals surface area contributed by atoms with Crippen LogP contribution in [0.4, 0.5) is 11.4 Å². The van der Waals surface area contributed by atoms with Crippen LogP contribution in [0.15, 0.2) is 77.1 Å². The molecule has 0 fully saturated rings. The van der Waals surface area contributed by atoms with Crippen LogP contribution in [0.3, 0.4) is 0 Å². The average molecular weight is 456 g/mol. The van der Waals surface area contributed by atoms with Crippen molar-refractivity contribution in [2.75, 3.05) is 5.32 Å². The van der Waals surface area contributed by atoms with Crippen molar-refractivity contribution in [1.82, 2.24) is 4.98 Å². The number of nitrogens with one attached hydrogen (secondary N) is 1. The second-order valence-electron chi connectivity index (χ2n) is 6.27. The molecule has 0 aliphatic carbocycles. The summed E-state index contributed by atoms with van der Waals surface area (Å²) < 4.78 is 1.81. The van der Waals surface area contributed by atoms with Gasteiger partial charge in [0.05, 0.1) is 15.1 Å². The maximum atomic E-state index is 13.1. The summed E-state index contributed by atoms with van der Waals surface area (Å²) in [5.74, 6) is -0.304. The highest BCUT2D eigenvalue weighted by Gasteiger charge is 2.25. The smallest absolute Gasteiger partial charge is 0.289 e. The monoisotopic (exact) mass is 455 g/mol. The molecule has 0 spiro atoms. The number of carbonyl (C=O) groups excluding carboxylic acids is 1. The number of nitrogens with zero attached hydrogens (tertiary/aromatic N) is 2. The van der Waals surface area contributed by atoms with Gasteiger partial charge >= 0.3 is 0 Å². The topological polar surface area (TPSA) is 85.1 Å². The van der Waals surface area contributed by atoms with E-state index in [1.807, 2.05) is 54.6 Å². The molecule has 1 heterocycles. The first kappa shape index (κ1) is 20.3. The molecule has 0 bridgehead atoms. The van der Waals surface area contributed by atoms with Gasteiger partial charge in [0, 0.05) is 11.8 Å². The molecule has 30 heavy (non-hydrogen) atoms. The Morgan fingerprint density at radius 2 is 1.83 bits per heavy atom. The molecule has 1 N–H and O–H groups in total. The van der Waals surface area contributed by atoms with E-state index < -0.39 is 10.2 Å². The largest absolute Gasteiger partial charge is 0.325 e. The number of nitro benzene ring substituents is 1. The zero-order valence-corrected chi connectivity index (χ0v) is 17.7. The van der Waals surface area contributed by atoms with E-state index in [-0.39, 0.29) is 16.6 Å². The number of hydrogen-bond donors (Lipinski definition) is 1. The van der Waals surface area contributed by atoms with Gasteiger partial charge in [-0.2, -0.15) is 0 Å². The summed E-state index contributed by atoms with van der Waals surface area (Å²) >= 11 is 8.73. The van der Waals surface area contributed by atoms with Crippen molar-refractivity contribution in [2.45, 2.75) is 9.59 Å². The third kappa shape index (κ3) is 4.46. The Bertz CT molecular complexity index is 1200. The number of halogens is 1. The highest BCUT2D eigenvalue weighted by atomic mass is 35.5. The zero-order chi connectivity index (χ0) is 21.1. The fraction of sp³-hybridized carbons (Fsp3) is 0.0476. The predicted octanol–water partition coefficient (Wildman–Crippen LogP) is 6.33. The highest BCUT2D eigenvalue weighted by molar-refractivity contribution is 8.02. The van der Waals surface area contributed by atoms with Gasteiger partial charge in [-0.05, 0) is 29.8 Å². The van der Waals surface area contributed by atoms with E-state index in [1.54, 1.807) is 0 Å². The van der Waals surface area contributed by atoms with E-state index in [4.69, 9.17) is 11.6 Å². The minimum atomic E-state index is -0.582. The molecule has 1 atom stereocenters. The lowest BCUT2D eigenvalue weighted by Crippen LogP contribution is -2.19. The maximum absolute atomic E-state index is 13.1. The number of amides is 1. The summed E-state index contributed by atoms with van der Waals surface area (Å²) in [7, 11) is 0.